The van der Waals surface area contributed by atoms with Crippen LogP contribution in [0.4, 0.5) is 0 Å². The van der Waals surface area contributed by atoms with Crippen LogP contribution in [0.3, 0.4) is 0 Å². The van der Waals surface area contributed by atoms with E-state index in [1.807, 2.05) is 0 Å². The number of ether oxygens (including phenoxy) is 1. The number of halogens is 1. The van der Waals surface area contributed by atoms with Crippen LogP contribution in [0, 0.1) is 0 Å². The number of sulfonamides is 1. The first-order valence-corrected chi connectivity index (χ1v) is 7.78. The van der Waals surface area contributed by atoms with Crippen molar-refractivity contribution >= 4 is 33.4 Å². The minimum absolute atomic E-state index is 0.0492. The van der Waals surface area contributed by atoms with Crippen molar-refractivity contribution < 1.29 is 22.7 Å². The van der Waals surface area contributed by atoms with Gasteiger partial charge in [0.1, 0.15) is 16.7 Å². The van der Waals surface area contributed by atoms with Gasteiger partial charge >= 0.3 is 0 Å². The molecule has 7 nitrogen and oxygen atoms in total. The van der Waals surface area contributed by atoms with Crippen molar-refractivity contribution in [2.24, 2.45) is 0 Å². The van der Waals surface area contributed by atoms with Gasteiger partial charge in [-0.25, -0.2) is 8.42 Å². The third kappa shape index (κ3) is 2.87. The smallest absolute Gasteiger partial charge is 0.247 e. The first-order chi connectivity index (χ1) is 9.77. The molecule has 0 bridgehead atoms. The number of imide groups is 1. The zero-order valence-corrected chi connectivity index (χ0v) is 12.9. The largest absolute Gasteiger partial charge is 0.495 e. The number of carbonyl (C=O) groups is 2. The molecule has 114 valence electrons. The second-order valence-corrected chi connectivity index (χ2v) is 6.73. The Morgan fingerprint density at radius 3 is 2.67 bits per heavy atom. The fraction of sp³-hybridized carbons (Fsp3) is 0.333. The molecule has 1 N–H and O–H groups in total. The molecular weight excluding hydrogens is 320 g/mol. The average molecular weight is 333 g/mol. The van der Waals surface area contributed by atoms with Crippen LogP contribution >= 0.6 is 11.6 Å². The molecule has 1 aromatic carbocycles. The van der Waals surface area contributed by atoms with Gasteiger partial charge in [-0.1, -0.05) is 11.6 Å². The summed E-state index contributed by atoms with van der Waals surface area (Å²) in [7, 11) is -2.76. The van der Waals surface area contributed by atoms with E-state index in [2.05, 4.69) is 5.32 Å². The van der Waals surface area contributed by atoms with Gasteiger partial charge in [0, 0.05) is 11.1 Å². The van der Waals surface area contributed by atoms with Crippen molar-refractivity contribution in [3.63, 3.8) is 0 Å². The van der Waals surface area contributed by atoms with Crippen LogP contribution in [0.2, 0.25) is 5.02 Å². The molecule has 0 saturated carbocycles. The Bertz CT molecular complexity index is 704. The molecule has 1 unspecified atom stereocenters. The predicted octanol–water partition coefficient (Wildman–Crippen LogP) is 0.384. The van der Waals surface area contributed by atoms with E-state index in [1.54, 1.807) is 0 Å². The van der Waals surface area contributed by atoms with E-state index in [-0.39, 0.29) is 10.6 Å². The van der Waals surface area contributed by atoms with Crippen LogP contribution in [-0.4, -0.2) is 44.2 Å². The summed E-state index contributed by atoms with van der Waals surface area (Å²) in [6.07, 6.45) is 0. The summed E-state index contributed by atoms with van der Waals surface area (Å²) >= 11 is 5.80. The zero-order chi connectivity index (χ0) is 15.8. The maximum Gasteiger partial charge on any atom is 0.247 e. The summed E-state index contributed by atoms with van der Waals surface area (Å²) in [5.41, 5.74) is 0. The first-order valence-electron chi connectivity index (χ1n) is 5.96. The van der Waals surface area contributed by atoms with Gasteiger partial charge < -0.3 is 4.74 Å². The van der Waals surface area contributed by atoms with Gasteiger partial charge in [-0.05, 0) is 19.1 Å². The average Bonchev–Trinajstić information content (AvgIpc) is 2.42. The molecule has 2 amide bonds. The predicted molar refractivity (Wildman–Crippen MR) is 74.5 cm³/mol. The van der Waals surface area contributed by atoms with Crippen LogP contribution in [0.5, 0.6) is 5.75 Å². The molecule has 1 fully saturated rings. The summed E-state index contributed by atoms with van der Waals surface area (Å²) < 4.78 is 31.2. The van der Waals surface area contributed by atoms with Crippen molar-refractivity contribution in [3.05, 3.63) is 23.2 Å². The van der Waals surface area contributed by atoms with E-state index >= 15 is 0 Å². The van der Waals surface area contributed by atoms with Gasteiger partial charge in [0.05, 0.1) is 13.7 Å². The third-order valence-corrected chi connectivity index (χ3v) is 5.28. The van der Waals surface area contributed by atoms with Crippen molar-refractivity contribution in [2.75, 3.05) is 13.7 Å². The lowest BCUT2D eigenvalue weighted by molar-refractivity contribution is -0.136. The van der Waals surface area contributed by atoms with E-state index in [4.69, 9.17) is 16.3 Å². The highest BCUT2D eigenvalue weighted by Gasteiger charge is 2.40. The number of hydrogen-bond acceptors (Lipinski definition) is 5. The molecular formula is C12H13ClN2O5S. The van der Waals surface area contributed by atoms with Crippen molar-refractivity contribution in [1.82, 2.24) is 9.62 Å². The molecule has 9 heteroatoms. The first kappa shape index (κ1) is 15.7. The van der Waals surface area contributed by atoms with Crippen LogP contribution in [-0.2, 0) is 19.6 Å². The van der Waals surface area contributed by atoms with E-state index in [9.17, 15) is 18.0 Å². The lowest BCUT2D eigenvalue weighted by Crippen LogP contribution is -2.58. The maximum atomic E-state index is 12.7. The van der Waals surface area contributed by atoms with Crippen molar-refractivity contribution in [3.8, 4) is 5.75 Å². The number of amides is 2. The number of methoxy groups -OCH3 is 1. The number of nitrogens with zero attached hydrogens (tertiary/aromatic N) is 1. The lowest BCUT2D eigenvalue weighted by Gasteiger charge is -2.31. The van der Waals surface area contributed by atoms with Crippen molar-refractivity contribution in [1.29, 1.82) is 0 Å². The van der Waals surface area contributed by atoms with Gasteiger partial charge in [-0.3, -0.25) is 14.9 Å². The lowest BCUT2D eigenvalue weighted by atomic mass is 10.2. The van der Waals surface area contributed by atoms with Crippen LogP contribution in [0.25, 0.3) is 0 Å². The number of piperazine rings is 1. The van der Waals surface area contributed by atoms with E-state index in [1.165, 1.54) is 32.2 Å². The Kier molecular flexibility index (Phi) is 4.22. The van der Waals surface area contributed by atoms with Gasteiger partial charge in [-0.15, -0.1) is 0 Å². The van der Waals surface area contributed by atoms with E-state index in [0.717, 1.165) is 4.31 Å². The highest BCUT2D eigenvalue weighted by atomic mass is 35.5. The fourth-order valence-electron chi connectivity index (χ4n) is 1.96. The summed E-state index contributed by atoms with van der Waals surface area (Å²) in [5, 5.41) is 2.40. The summed E-state index contributed by atoms with van der Waals surface area (Å²) in [6, 6.07) is 3.03. The SMILES string of the molecule is COc1cc(Cl)ccc1S(=O)(=O)N1CC(=O)NC(=O)C1C. The molecule has 1 saturated heterocycles. The zero-order valence-electron chi connectivity index (χ0n) is 11.3. The molecule has 1 aliphatic heterocycles. The van der Waals surface area contributed by atoms with Gasteiger partial charge in [0.2, 0.25) is 21.8 Å². The molecule has 2 rings (SSSR count). The van der Waals surface area contributed by atoms with Crippen molar-refractivity contribution in [2.45, 2.75) is 17.9 Å². The molecule has 1 heterocycles. The van der Waals surface area contributed by atoms with E-state index in [0.29, 0.717) is 5.02 Å². The minimum atomic E-state index is -4.07. The Morgan fingerprint density at radius 2 is 2.05 bits per heavy atom. The van der Waals surface area contributed by atoms with Gasteiger partial charge in [-0.2, -0.15) is 4.31 Å². The molecule has 1 aromatic rings. The topological polar surface area (TPSA) is 92.8 Å². The van der Waals surface area contributed by atoms with Gasteiger partial charge in [0.25, 0.3) is 0 Å². The normalized spacial score (nSPS) is 20.2. The number of hydrogen-bond donors (Lipinski definition) is 1. The summed E-state index contributed by atoms with van der Waals surface area (Å²) in [5.74, 6) is -1.29. The Hall–Kier alpha value is -1.64. The van der Waals surface area contributed by atoms with Crippen LogP contribution in [0.1, 0.15) is 6.92 Å². The monoisotopic (exact) mass is 332 g/mol. The third-order valence-electron chi connectivity index (χ3n) is 3.09. The Morgan fingerprint density at radius 1 is 1.38 bits per heavy atom. The minimum Gasteiger partial charge on any atom is -0.495 e. The quantitative estimate of drug-likeness (QED) is 0.808. The second-order valence-electron chi connectivity index (χ2n) is 4.43. The van der Waals surface area contributed by atoms with Gasteiger partial charge in [0.15, 0.2) is 0 Å². The van der Waals surface area contributed by atoms with Crippen LogP contribution < -0.4 is 10.1 Å². The maximum absolute atomic E-state index is 12.7. The number of rotatable bonds is 3. The Balaban J connectivity index is 2.51. The molecule has 21 heavy (non-hydrogen) atoms. The highest BCUT2D eigenvalue weighted by molar-refractivity contribution is 7.89. The Labute approximate surface area is 126 Å². The molecule has 0 spiro atoms. The van der Waals surface area contributed by atoms with E-state index < -0.39 is 34.4 Å². The van der Waals surface area contributed by atoms with Crippen LogP contribution in [0.15, 0.2) is 23.1 Å². The fourth-order valence-corrected chi connectivity index (χ4v) is 3.82. The standard InChI is InChI=1S/C12H13ClN2O5S/c1-7-12(17)14-11(16)6-15(7)21(18,19)10-4-3-8(13)5-9(10)20-2/h3-5,7H,6H2,1-2H3,(H,14,16,17). The summed E-state index contributed by atoms with van der Waals surface area (Å²) in [6.45, 7) is 0.975. The highest BCUT2D eigenvalue weighted by Crippen LogP contribution is 2.30. The summed E-state index contributed by atoms with van der Waals surface area (Å²) in [4.78, 5) is 22.9. The number of benzene rings is 1. The number of nitrogens with one attached hydrogen (secondary N) is 1. The number of carbonyl (C=O) groups excluding carboxylic acids is 2. The second kappa shape index (κ2) is 5.63. The molecule has 1 atom stereocenters. The molecule has 0 aliphatic carbocycles. The molecule has 1 aliphatic rings. The molecule has 0 radical (unpaired) electrons. The molecule has 0 aromatic heterocycles.